The van der Waals surface area contributed by atoms with E-state index in [-0.39, 0.29) is 30.3 Å². The number of methoxy groups -OCH3 is 1. The van der Waals surface area contributed by atoms with Gasteiger partial charge in [-0.2, -0.15) is 0 Å². The Morgan fingerprint density at radius 1 is 1.07 bits per heavy atom. The second-order valence-electron chi connectivity index (χ2n) is 6.98. The normalized spacial score (nSPS) is 17.0. The monoisotopic (exact) mass is 454 g/mol. The number of halogens is 1. The van der Waals surface area contributed by atoms with Gasteiger partial charge in [-0.1, -0.05) is 34.1 Å². The number of carbonyl (C=O) groups is 2. The number of fused-ring (bicyclic) bond motifs is 1. The summed E-state index contributed by atoms with van der Waals surface area (Å²) in [4.78, 5) is 39.8. The molecule has 1 aliphatic heterocycles. The number of hydrogen-bond donors (Lipinski definition) is 0. The summed E-state index contributed by atoms with van der Waals surface area (Å²) in [7, 11) is 1.58. The highest BCUT2D eigenvalue weighted by Crippen LogP contribution is 2.26. The Labute approximate surface area is 175 Å². The van der Waals surface area contributed by atoms with Gasteiger partial charge in [0.05, 0.1) is 13.7 Å². The molecule has 2 amide bonds. The number of ether oxygens (including phenoxy) is 1. The quantitative estimate of drug-likeness (QED) is 0.564. The summed E-state index contributed by atoms with van der Waals surface area (Å²) in [5, 5.41) is 1.34. The van der Waals surface area contributed by atoms with E-state index in [9.17, 15) is 14.4 Å². The molecule has 3 aromatic rings. The lowest BCUT2D eigenvalue weighted by Crippen LogP contribution is -2.47. The van der Waals surface area contributed by atoms with Crippen LogP contribution in [-0.2, 0) is 16.1 Å². The van der Waals surface area contributed by atoms with Crippen molar-refractivity contribution in [1.29, 1.82) is 0 Å². The van der Waals surface area contributed by atoms with Crippen molar-refractivity contribution < 1.29 is 14.3 Å². The fourth-order valence-electron chi connectivity index (χ4n) is 3.63. The summed E-state index contributed by atoms with van der Waals surface area (Å²) in [5.41, 5.74) is 0.587. The van der Waals surface area contributed by atoms with E-state index in [0.717, 1.165) is 15.4 Å². The number of amides is 2. The molecule has 1 aliphatic rings. The van der Waals surface area contributed by atoms with Crippen molar-refractivity contribution in [3.8, 4) is 5.75 Å². The molecule has 2 aromatic carbocycles. The maximum absolute atomic E-state index is 13.1. The van der Waals surface area contributed by atoms with Crippen LogP contribution in [0.4, 0.5) is 0 Å². The van der Waals surface area contributed by atoms with E-state index < -0.39 is 6.04 Å². The van der Waals surface area contributed by atoms with Gasteiger partial charge in [-0.15, -0.1) is 0 Å². The summed E-state index contributed by atoms with van der Waals surface area (Å²) in [5.74, 6) is 0.129. The third-order valence-corrected chi connectivity index (χ3v) is 5.71. The number of likely N-dealkylation sites (tertiary alicyclic amines) is 1. The molecule has 0 bridgehead atoms. The molecule has 1 saturated heterocycles. The number of nitrogens with zero attached hydrogens (tertiary/aromatic N) is 2. The summed E-state index contributed by atoms with van der Waals surface area (Å²) in [6.07, 6.45) is 2.17. The van der Waals surface area contributed by atoms with Crippen molar-refractivity contribution in [1.82, 2.24) is 9.47 Å². The lowest BCUT2D eigenvalue weighted by Gasteiger charge is -2.31. The van der Waals surface area contributed by atoms with Gasteiger partial charge in [-0.25, -0.2) is 0 Å². The zero-order chi connectivity index (χ0) is 20.5. The molecule has 2 heterocycles. The van der Waals surface area contributed by atoms with Gasteiger partial charge >= 0.3 is 0 Å². The van der Waals surface area contributed by atoms with Crippen molar-refractivity contribution in [3.63, 3.8) is 0 Å². The van der Waals surface area contributed by atoms with Gasteiger partial charge in [0.2, 0.25) is 5.91 Å². The van der Waals surface area contributed by atoms with Crippen molar-refractivity contribution in [2.75, 3.05) is 7.11 Å². The molecule has 0 unspecified atom stereocenters. The van der Waals surface area contributed by atoms with Gasteiger partial charge < -0.3 is 9.30 Å². The Bertz CT molecular complexity index is 1150. The predicted octanol–water partition coefficient (Wildman–Crippen LogP) is 3.66. The average Bonchev–Trinajstić information content (AvgIpc) is 2.73. The Hall–Kier alpha value is -2.93. The van der Waals surface area contributed by atoms with E-state index in [1.54, 1.807) is 31.5 Å². The molecule has 0 spiro atoms. The second-order valence-corrected chi connectivity index (χ2v) is 7.90. The standard InChI is InChI=1S/C22H19BrN2O4/c1-29-17-6-2-14(3-7-17)13-25-20(26)9-8-19(22(25)28)24-11-10-15-4-5-16(23)12-18(15)21(24)27/h2-7,10-12,19H,8-9,13H2,1H3/t19-/m1/s1. The van der Waals surface area contributed by atoms with E-state index in [4.69, 9.17) is 4.74 Å². The lowest BCUT2D eigenvalue weighted by atomic mass is 10.0. The van der Waals surface area contributed by atoms with Gasteiger partial charge in [0.1, 0.15) is 11.8 Å². The van der Waals surface area contributed by atoms with Gasteiger partial charge in [0.15, 0.2) is 0 Å². The molecule has 0 N–H and O–H groups in total. The van der Waals surface area contributed by atoms with Crippen LogP contribution in [0.25, 0.3) is 10.8 Å². The van der Waals surface area contributed by atoms with E-state index in [2.05, 4.69) is 15.9 Å². The number of rotatable bonds is 4. The first-order chi connectivity index (χ1) is 14.0. The molecule has 1 fully saturated rings. The third-order valence-electron chi connectivity index (χ3n) is 5.21. The number of imide groups is 1. The van der Waals surface area contributed by atoms with Crippen LogP contribution in [0.15, 0.2) is 64.0 Å². The van der Waals surface area contributed by atoms with E-state index in [1.807, 2.05) is 30.3 Å². The third kappa shape index (κ3) is 3.70. The Kier molecular flexibility index (Phi) is 5.24. The molecule has 0 saturated carbocycles. The Morgan fingerprint density at radius 2 is 1.83 bits per heavy atom. The highest BCUT2D eigenvalue weighted by Gasteiger charge is 2.35. The number of hydrogen-bond acceptors (Lipinski definition) is 4. The molecule has 0 aliphatic carbocycles. The van der Waals surface area contributed by atoms with Crippen LogP contribution in [0.2, 0.25) is 0 Å². The van der Waals surface area contributed by atoms with Gasteiger partial charge in [-0.3, -0.25) is 19.3 Å². The summed E-state index contributed by atoms with van der Waals surface area (Å²) >= 11 is 3.39. The molecule has 6 nitrogen and oxygen atoms in total. The maximum Gasteiger partial charge on any atom is 0.259 e. The van der Waals surface area contributed by atoms with E-state index in [1.165, 1.54) is 9.47 Å². The minimum absolute atomic E-state index is 0.173. The summed E-state index contributed by atoms with van der Waals surface area (Å²) in [6.45, 7) is 0.173. The summed E-state index contributed by atoms with van der Waals surface area (Å²) < 4.78 is 7.39. The van der Waals surface area contributed by atoms with Crippen LogP contribution in [0.3, 0.4) is 0 Å². The molecule has 1 atom stereocenters. The molecule has 148 valence electrons. The largest absolute Gasteiger partial charge is 0.497 e. The van der Waals surface area contributed by atoms with Crippen molar-refractivity contribution in [2.45, 2.75) is 25.4 Å². The van der Waals surface area contributed by atoms with E-state index >= 15 is 0 Å². The minimum atomic E-state index is -0.693. The molecular formula is C22H19BrN2O4. The predicted molar refractivity (Wildman–Crippen MR) is 113 cm³/mol. The zero-order valence-electron chi connectivity index (χ0n) is 15.8. The van der Waals surface area contributed by atoms with Crippen LogP contribution in [-0.4, -0.2) is 28.4 Å². The minimum Gasteiger partial charge on any atom is -0.497 e. The Morgan fingerprint density at radius 3 is 2.55 bits per heavy atom. The Balaban J connectivity index is 1.66. The van der Waals surface area contributed by atoms with Gasteiger partial charge in [0, 0.05) is 22.5 Å². The van der Waals surface area contributed by atoms with Crippen LogP contribution < -0.4 is 10.3 Å². The van der Waals surface area contributed by atoms with Crippen LogP contribution in [0.1, 0.15) is 24.4 Å². The highest BCUT2D eigenvalue weighted by molar-refractivity contribution is 9.10. The number of pyridine rings is 1. The fraction of sp³-hybridized carbons (Fsp3) is 0.227. The van der Waals surface area contributed by atoms with Crippen molar-refractivity contribution in [3.05, 3.63) is 75.1 Å². The van der Waals surface area contributed by atoms with E-state index in [0.29, 0.717) is 17.6 Å². The summed E-state index contributed by atoms with van der Waals surface area (Å²) in [6, 6.07) is 13.8. The zero-order valence-corrected chi connectivity index (χ0v) is 17.4. The number of carbonyl (C=O) groups excluding carboxylic acids is 2. The first-order valence-electron chi connectivity index (χ1n) is 9.25. The van der Waals surface area contributed by atoms with Crippen LogP contribution in [0.5, 0.6) is 5.75 Å². The van der Waals surface area contributed by atoms with Crippen molar-refractivity contribution in [2.24, 2.45) is 0 Å². The molecule has 4 rings (SSSR count). The molecule has 0 radical (unpaired) electrons. The SMILES string of the molecule is COc1ccc(CN2C(=O)CC[C@@H](n3ccc4ccc(Br)cc4c3=O)C2=O)cc1. The van der Waals surface area contributed by atoms with Crippen LogP contribution in [0, 0.1) is 0 Å². The topological polar surface area (TPSA) is 68.6 Å². The number of piperidine rings is 1. The molecule has 1 aromatic heterocycles. The molecule has 7 heteroatoms. The first-order valence-corrected chi connectivity index (χ1v) is 10.0. The first kappa shape index (κ1) is 19.4. The molecule has 29 heavy (non-hydrogen) atoms. The maximum atomic E-state index is 13.1. The van der Waals surface area contributed by atoms with Gasteiger partial charge in [0.25, 0.3) is 11.5 Å². The number of benzene rings is 2. The second kappa shape index (κ2) is 7.83. The lowest BCUT2D eigenvalue weighted by molar-refractivity contribution is -0.151. The highest BCUT2D eigenvalue weighted by atomic mass is 79.9. The van der Waals surface area contributed by atoms with Crippen molar-refractivity contribution >= 4 is 38.5 Å². The molecular weight excluding hydrogens is 436 g/mol. The van der Waals surface area contributed by atoms with Crippen LogP contribution >= 0.6 is 15.9 Å². The fourth-order valence-corrected chi connectivity index (χ4v) is 3.99. The van der Waals surface area contributed by atoms with Gasteiger partial charge in [-0.05, 0) is 47.7 Å². The average molecular weight is 455 g/mol. The number of aromatic nitrogens is 1. The smallest absolute Gasteiger partial charge is 0.259 e.